The summed E-state index contributed by atoms with van der Waals surface area (Å²) in [6, 6.07) is 0.439. The van der Waals surface area contributed by atoms with E-state index >= 15 is 0 Å². The summed E-state index contributed by atoms with van der Waals surface area (Å²) >= 11 is 2.90. The van der Waals surface area contributed by atoms with Crippen molar-refractivity contribution < 1.29 is 4.79 Å². The molecule has 1 saturated carbocycles. The molecule has 1 aromatic heterocycles. The molecule has 3 N–H and O–H groups in total. The van der Waals surface area contributed by atoms with Gasteiger partial charge in [-0.3, -0.25) is 4.79 Å². The topological polar surface area (TPSA) is 68.0 Å². The molecule has 0 radical (unpaired) electrons. The zero-order chi connectivity index (χ0) is 9.97. The van der Waals surface area contributed by atoms with Crippen LogP contribution in [-0.4, -0.2) is 22.7 Å². The molecule has 0 aliphatic heterocycles. The van der Waals surface area contributed by atoms with Crippen LogP contribution in [0.2, 0.25) is 0 Å². The average Bonchev–Trinajstić information content (AvgIpc) is 2.85. The van der Waals surface area contributed by atoms with Crippen LogP contribution in [0.4, 0.5) is 5.13 Å². The van der Waals surface area contributed by atoms with Crippen molar-refractivity contribution in [3.8, 4) is 0 Å². The lowest BCUT2D eigenvalue weighted by atomic mass is 10.6. The SMILES string of the molecule is Nc1ncc(SCC(=O)NC2CC2)s1. The van der Waals surface area contributed by atoms with Gasteiger partial charge in [-0.15, -0.1) is 11.8 Å². The number of rotatable bonds is 4. The van der Waals surface area contributed by atoms with Crippen molar-refractivity contribution in [3.05, 3.63) is 6.20 Å². The fourth-order valence-corrected chi connectivity index (χ4v) is 2.54. The Bertz CT molecular complexity index is 335. The Morgan fingerprint density at radius 1 is 1.79 bits per heavy atom. The van der Waals surface area contributed by atoms with Gasteiger partial charge >= 0.3 is 0 Å². The lowest BCUT2D eigenvalue weighted by Crippen LogP contribution is -2.26. The Morgan fingerprint density at radius 2 is 2.57 bits per heavy atom. The Labute approximate surface area is 90.3 Å². The molecule has 0 spiro atoms. The number of hydrogen-bond donors (Lipinski definition) is 2. The van der Waals surface area contributed by atoms with Crippen LogP contribution in [-0.2, 0) is 4.79 Å². The highest BCUT2D eigenvalue weighted by molar-refractivity contribution is 8.01. The van der Waals surface area contributed by atoms with Gasteiger partial charge in [0, 0.05) is 6.04 Å². The summed E-state index contributed by atoms with van der Waals surface area (Å²) in [5.41, 5.74) is 5.47. The van der Waals surface area contributed by atoms with Crippen LogP contribution < -0.4 is 11.1 Å². The molecule has 14 heavy (non-hydrogen) atoms. The largest absolute Gasteiger partial charge is 0.375 e. The Morgan fingerprint density at radius 3 is 3.14 bits per heavy atom. The Hall–Kier alpha value is -0.750. The molecule has 6 heteroatoms. The van der Waals surface area contributed by atoms with Gasteiger partial charge in [-0.25, -0.2) is 4.98 Å². The van der Waals surface area contributed by atoms with Crippen molar-refractivity contribution in [1.82, 2.24) is 10.3 Å². The minimum absolute atomic E-state index is 0.101. The standard InChI is InChI=1S/C8H11N3OS2/c9-8-10-3-7(14-8)13-4-6(12)11-5-1-2-5/h3,5H,1-2,4H2,(H2,9,10)(H,11,12). The van der Waals surface area contributed by atoms with Gasteiger partial charge in [-0.2, -0.15) is 0 Å². The van der Waals surface area contributed by atoms with E-state index in [1.165, 1.54) is 23.1 Å². The molecule has 1 fully saturated rings. The summed E-state index contributed by atoms with van der Waals surface area (Å²) < 4.78 is 0.994. The van der Waals surface area contributed by atoms with Crippen LogP contribution in [0.15, 0.2) is 10.4 Å². The zero-order valence-corrected chi connectivity index (χ0v) is 9.16. The molecule has 1 aliphatic carbocycles. The van der Waals surface area contributed by atoms with E-state index in [2.05, 4.69) is 10.3 Å². The number of nitrogen functional groups attached to an aromatic ring is 1. The normalized spacial score (nSPS) is 15.4. The van der Waals surface area contributed by atoms with E-state index in [0.717, 1.165) is 17.1 Å². The number of carbonyl (C=O) groups is 1. The lowest BCUT2D eigenvalue weighted by Gasteiger charge is -2.00. The van der Waals surface area contributed by atoms with Crippen LogP contribution in [0.3, 0.4) is 0 Å². The smallest absolute Gasteiger partial charge is 0.230 e. The van der Waals surface area contributed by atoms with E-state index in [-0.39, 0.29) is 5.91 Å². The fraction of sp³-hybridized carbons (Fsp3) is 0.500. The van der Waals surface area contributed by atoms with Gasteiger partial charge < -0.3 is 11.1 Å². The van der Waals surface area contributed by atoms with Gasteiger partial charge in [0.2, 0.25) is 5.91 Å². The van der Waals surface area contributed by atoms with Gasteiger partial charge in [-0.05, 0) is 12.8 Å². The molecule has 0 saturated heterocycles. The molecular weight excluding hydrogens is 218 g/mol. The summed E-state index contributed by atoms with van der Waals surface area (Å²) in [5.74, 6) is 0.558. The Kier molecular flexibility index (Phi) is 2.93. The van der Waals surface area contributed by atoms with Crippen LogP contribution in [0.5, 0.6) is 0 Å². The maximum Gasteiger partial charge on any atom is 0.230 e. The second-order valence-corrected chi connectivity index (χ2v) is 5.49. The third-order valence-electron chi connectivity index (χ3n) is 1.79. The first kappa shape index (κ1) is 9.79. The highest BCUT2D eigenvalue weighted by Gasteiger charge is 2.22. The molecule has 1 amide bonds. The molecule has 1 heterocycles. The minimum Gasteiger partial charge on any atom is -0.375 e. The number of hydrogen-bond acceptors (Lipinski definition) is 5. The van der Waals surface area contributed by atoms with Crippen LogP contribution in [0.1, 0.15) is 12.8 Å². The summed E-state index contributed by atoms with van der Waals surface area (Å²) in [6.07, 6.45) is 3.96. The van der Waals surface area contributed by atoms with Gasteiger partial charge in [-0.1, -0.05) is 11.3 Å². The number of nitrogens with one attached hydrogen (secondary N) is 1. The van der Waals surface area contributed by atoms with Crippen LogP contribution in [0.25, 0.3) is 0 Å². The average molecular weight is 229 g/mol. The minimum atomic E-state index is 0.101. The van der Waals surface area contributed by atoms with Crippen LogP contribution in [0, 0.1) is 0 Å². The van der Waals surface area contributed by atoms with Gasteiger partial charge in [0.15, 0.2) is 5.13 Å². The summed E-state index contributed by atoms with van der Waals surface area (Å²) in [7, 11) is 0. The van der Waals surface area contributed by atoms with E-state index in [1.54, 1.807) is 6.20 Å². The number of nitrogens with two attached hydrogens (primary N) is 1. The number of anilines is 1. The quantitative estimate of drug-likeness (QED) is 0.759. The van der Waals surface area contributed by atoms with Gasteiger partial charge in [0.25, 0.3) is 0 Å². The molecule has 0 atom stereocenters. The molecule has 0 bridgehead atoms. The van der Waals surface area contributed by atoms with Crippen molar-refractivity contribution in [3.63, 3.8) is 0 Å². The first-order valence-electron chi connectivity index (χ1n) is 4.37. The number of amides is 1. The lowest BCUT2D eigenvalue weighted by molar-refractivity contribution is -0.118. The first-order valence-corrected chi connectivity index (χ1v) is 6.18. The predicted molar refractivity (Wildman–Crippen MR) is 58.4 cm³/mol. The highest BCUT2D eigenvalue weighted by Crippen LogP contribution is 2.26. The van der Waals surface area contributed by atoms with Crippen molar-refractivity contribution in [2.45, 2.75) is 23.1 Å². The Balaban J connectivity index is 1.73. The van der Waals surface area contributed by atoms with Crippen molar-refractivity contribution >= 4 is 34.1 Å². The molecular formula is C8H11N3OS2. The van der Waals surface area contributed by atoms with E-state index in [1.807, 2.05) is 0 Å². The molecule has 76 valence electrons. The maximum absolute atomic E-state index is 11.3. The number of thioether (sulfide) groups is 1. The summed E-state index contributed by atoms with van der Waals surface area (Å²) in [5, 5.41) is 3.48. The van der Waals surface area contributed by atoms with E-state index in [4.69, 9.17) is 5.73 Å². The summed E-state index contributed by atoms with van der Waals surface area (Å²) in [6.45, 7) is 0. The molecule has 2 rings (SSSR count). The van der Waals surface area contributed by atoms with Crippen LogP contribution >= 0.6 is 23.1 Å². The molecule has 4 nitrogen and oxygen atoms in total. The second-order valence-electron chi connectivity index (χ2n) is 3.15. The fourth-order valence-electron chi connectivity index (χ4n) is 0.973. The molecule has 0 aromatic carbocycles. The first-order chi connectivity index (χ1) is 6.74. The van der Waals surface area contributed by atoms with Gasteiger partial charge in [0.05, 0.1) is 16.2 Å². The highest BCUT2D eigenvalue weighted by atomic mass is 32.2. The number of thiazole rings is 1. The monoisotopic (exact) mass is 229 g/mol. The third kappa shape index (κ3) is 2.88. The number of nitrogens with zero attached hydrogens (tertiary/aromatic N) is 1. The number of carbonyl (C=O) groups excluding carboxylic acids is 1. The van der Waals surface area contributed by atoms with E-state index in [0.29, 0.717) is 16.9 Å². The van der Waals surface area contributed by atoms with Crippen molar-refractivity contribution in [2.75, 3.05) is 11.5 Å². The van der Waals surface area contributed by atoms with E-state index < -0.39 is 0 Å². The van der Waals surface area contributed by atoms with Crippen molar-refractivity contribution in [2.24, 2.45) is 0 Å². The predicted octanol–water partition coefficient (Wildman–Crippen LogP) is 1.10. The molecule has 0 unspecified atom stereocenters. The number of aromatic nitrogens is 1. The van der Waals surface area contributed by atoms with E-state index in [9.17, 15) is 4.79 Å². The second kappa shape index (κ2) is 4.18. The van der Waals surface area contributed by atoms with Crippen molar-refractivity contribution in [1.29, 1.82) is 0 Å². The third-order valence-corrected chi connectivity index (χ3v) is 3.81. The maximum atomic E-state index is 11.3. The zero-order valence-electron chi connectivity index (χ0n) is 7.53. The summed E-state index contributed by atoms with van der Waals surface area (Å²) in [4.78, 5) is 15.2. The van der Waals surface area contributed by atoms with Gasteiger partial charge in [0.1, 0.15) is 0 Å². The molecule has 1 aliphatic rings. The molecule has 1 aromatic rings.